The summed E-state index contributed by atoms with van der Waals surface area (Å²) in [5, 5.41) is 3.32. The van der Waals surface area contributed by atoms with Crippen LogP contribution in [0.4, 0.5) is 10.5 Å². The minimum Gasteiger partial charge on any atom is -0.493 e. The number of rotatable bonds is 24. The number of fused-ring (bicyclic) bond motifs is 1. The van der Waals surface area contributed by atoms with E-state index in [9.17, 15) is 24.0 Å². The molecule has 0 saturated heterocycles. The number of esters is 3. The van der Waals surface area contributed by atoms with Gasteiger partial charge in [-0.05, 0) is 68.1 Å². The van der Waals surface area contributed by atoms with Gasteiger partial charge in [-0.15, -0.1) is 0 Å². The maximum absolute atomic E-state index is 13.9. The SMILES string of the molecule is COc1cc(C(=O)OCCN(C)CC(Cc2c(C)c3ccc(NC(=O)N(C)CCOC(=O)c4cc(OC)c(OC)c(OC)c4)cc3oc2=O)OC(=O)c2cc(OC)c(OC)c(OC)c2)cc(OC)c1OC. The van der Waals surface area contributed by atoms with Crippen LogP contribution in [0.2, 0.25) is 0 Å². The number of carbonyl (C=O) groups excluding carboxylic acids is 4. The average Bonchev–Trinajstić information content (AvgIpc) is 3.37. The van der Waals surface area contributed by atoms with Crippen molar-refractivity contribution in [3.05, 3.63) is 92.8 Å². The molecule has 0 aliphatic heterocycles. The zero-order valence-electron chi connectivity index (χ0n) is 41.8. The molecule has 382 valence electrons. The summed E-state index contributed by atoms with van der Waals surface area (Å²) in [5.41, 5.74) is 1.02. The lowest BCUT2D eigenvalue weighted by atomic mass is 10.0. The monoisotopic (exact) mass is 989 g/mol. The first kappa shape index (κ1) is 53.9. The van der Waals surface area contributed by atoms with Crippen LogP contribution in [0.5, 0.6) is 51.7 Å². The highest BCUT2D eigenvalue weighted by molar-refractivity contribution is 5.94. The largest absolute Gasteiger partial charge is 0.493 e. The van der Waals surface area contributed by atoms with Gasteiger partial charge in [0.1, 0.15) is 24.9 Å². The molecule has 0 saturated carbocycles. The molecule has 1 N–H and O–H groups in total. The molecule has 21 nitrogen and oxygen atoms in total. The molecule has 0 fully saturated rings. The Labute approximate surface area is 410 Å². The summed E-state index contributed by atoms with van der Waals surface area (Å²) in [7, 11) is 16.1. The number of anilines is 1. The summed E-state index contributed by atoms with van der Waals surface area (Å²) in [6.07, 6.45) is -1.03. The van der Waals surface area contributed by atoms with E-state index in [1.54, 1.807) is 31.0 Å². The fourth-order valence-corrected chi connectivity index (χ4v) is 7.39. The van der Waals surface area contributed by atoms with Crippen molar-refractivity contribution in [1.29, 1.82) is 0 Å². The van der Waals surface area contributed by atoms with Gasteiger partial charge in [0.05, 0.1) is 87.2 Å². The van der Waals surface area contributed by atoms with E-state index in [-0.39, 0.29) is 107 Å². The second-order valence-electron chi connectivity index (χ2n) is 15.6. The zero-order valence-corrected chi connectivity index (χ0v) is 41.8. The van der Waals surface area contributed by atoms with Crippen molar-refractivity contribution in [2.24, 2.45) is 0 Å². The molecule has 71 heavy (non-hydrogen) atoms. The highest BCUT2D eigenvalue weighted by Gasteiger charge is 2.26. The predicted octanol–water partition coefficient (Wildman–Crippen LogP) is 6.06. The Morgan fingerprint density at radius 2 is 1.00 bits per heavy atom. The van der Waals surface area contributed by atoms with Crippen molar-refractivity contribution in [2.45, 2.75) is 19.4 Å². The lowest BCUT2D eigenvalue weighted by molar-refractivity contribution is 0.0196. The molecule has 4 aromatic carbocycles. The third kappa shape index (κ3) is 13.0. The van der Waals surface area contributed by atoms with Crippen molar-refractivity contribution in [1.82, 2.24) is 9.80 Å². The van der Waals surface area contributed by atoms with Crippen molar-refractivity contribution >= 4 is 40.6 Å². The molecule has 1 heterocycles. The summed E-state index contributed by atoms with van der Waals surface area (Å²) < 4.78 is 71.2. The van der Waals surface area contributed by atoms with E-state index in [4.69, 9.17) is 61.3 Å². The molecule has 0 spiro atoms. The number of hydrogen-bond acceptors (Lipinski definition) is 19. The van der Waals surface area contributed by atoms with Crippen LogP contribution in [0.1, 0.15) is 42.2 Å². The fraction of sp³-hybridized carbons (Fsp3) is 0.380. The summed E-state index contributed by atoms with van der Waals surface area (Å²) >= 11 is 0. The Morgan fingerprint density at radius 1 is 0.577 bits per heavy atom. The summed E-state index contributed by atoms with van der Waals surface area (Å²) in [6.45, 7) is 1.86. The van der Waals surface area contributed by atoms with Crippen LogP contribution in [0.15, 0.2) is 63.8 Å². The first-order valence-corrected chi connectivity index (χ1v) is 21.8. The molecule has 1 unspecified atom stereocenters. The van der Waals surface area contributed by atoms with Crippen LogP contribution in [-0.4, -0.2) is 151 Å². The Morgan fingerprint density at radius 3 is 1.42 bits per heavy atom. The average molecular weight is 990 g/mol. The van der Waals surface area contributed by atoms with Crippen LogP contribution >= 0.6 is 0 Å². The number of ether oxygens (including phenoxy) is 12. The molecule has 0 aliphatic carbocycles. The smallest absolute Gasteiger partial charge is 0.339 e. The number of likely N-dealkylation sites (N-methyl/N-ethyl adjacent to an activating group) is 2. The Bertz CT molecular complexity index is 2700. The summed E-state index contributed by atoms with van der Waals surface area (Å²) in [4.78, 5) is 69.9. The van der Waals surface area contributed by atoms with Crippen LogP contribution in [-0.2, 0) is 20.6 Å². The molecule has 1 atom stereocenters. The van der Waals surface area contributed by atoms with Crippen molar-refractivity contribution in [3.63, 3.8) is 0 Å². The highest BCUT2D eigenvalue weighted by Crippen LogP contribution is 2.40. The second-order valence-corrected chi connectivity index (χ2v) is 15.6. The van der Waals surface area contributed by atoms with E-state index in [0.29, 0.717) is 28.1 Å². The summed E-state index contributed by atoms with van der Waals surface area (Å²) in [5.74, 6) is 0.417. The number of hydrogen-bond donors (Lipinski definition) is 1. The van der Waals surface area contributed by atoms with Crippen molar-refractivity contribution < 1.29 is 80.4 Å². The molecular weight excluding hydrogens is 931 g/mol. The lowest BCUT2D eigenvalue weighted by Crippen LogP contribution is -2.37. The fourth-order valence-electron chi connectivity index (χ4n) is 7.39. The number of nitrogens with one attached hydrogen (secondary N) is 1. The normalized spacial score (nSPS) is 11.2. The van der Waals surface area contributed by atoms with Crippen LogP contribution < -0.4 is 53.6 Å². The maximum atomic E-state index is 13.9. The van der Waals surface area contributed by atoms with Gasteiger partial charge in [-0.2, -0.15) is 0 Å². The number of methoxy groups -OCH3 is 9. The van der Waals surface area contributed by atoms with E-state index in [1.807, 2.05) is 0 Å². The number of nitrogens with zero attached hydrogens (tertiary/aromatic N) is 2. The number of benzene rings is 4. The number of urea groups is 1. The third-order valence-electron chi connectivity index (χ3n) is 11.2. The van der Waals surface area contributed by atoms with Gasteiger partial charge in [0.15, 0.2) is 34.5 Å². The van der Waals surface area contributed by atoms with E-state index in [1.165, 1.54) is 118 Å². The topological polar surface area (TPSA) is 228 Å². The Balaban J connectivity index is 1.30. The molecule has 0 bridgehead atoms. The lowest BCUT2D eigenvalue weighted by Gasteiger charge is -2.25. The van der Waals surface area contributed by atoms with Gasteiger partial charge in [-0.25, -0.2) is 24.0 Å². The van der Waals surface area contributed by atoms with E-state index in [2.05, 4.69) is 5.32 Å². The molecule has 0 radical (unpaired) electrons. The van der Waals surface area contributed by atoms with Gasteiger partial charge in [-0.3, -0.25) is 4.90 Å². The summed E-state index contributed by atoms with van der Waals surface area (Å²) in [6, 6.07) is 13.1. The molecule has 21 heteroatoms. The highest BCUT2D eigenvalue weighted by atomic mass is 16.6. The Kier molecular flexibility index (Phi) is 19.0. The first-order valence-electron chi connectivity index (χ1n) is 21.8. The molecule has 1 aromatic heterocycles. The number of carbonyl (C=O) groups is 4. The van der Waals surface area contributed by atoms with Gasteiger partial charge < -0.3 is 71.5 Å². The molecule has 5 aromatic rings. The third-order valence-corrected chi connectivity index (χ3v) is 11.2. The number of amides is 2. The maximum Gasteiger partial charge on any atom is 0.339 e. The molecular formula is C50H59N3O18. The standard InChI is InChI=1S/C50H59N3O18/c1-28-34-14-13-32(51-50(58)53(3)16-18-69-47(55)30-21-39(61-6)44(66-11)40(22-30)62-7)25-36(34)71-49(57)35(28)26-33(70-48(56)31-23-41(63-8)45(67-12)42(24-31)64-9)27-52(2)15-17-68-46(54)29-19-37(59-4)43(65-10)38(20-29)60-5/h13-14,19-25,33H,15-18,26-27H2,1-12H3,(H,51,58). The van der Waals surface area contributed by atoms with Gasteiger partial charge in [0.25, 0.3) is 0 Å². The van der Waals surface area contributed by atoms with Gasteiger partial charge >= 0.3 is 29.6 Å². The first-order chi connectivity index (χ1) is 34.1. The van der Waals surface area contributed by atoms with E-state index >= 15 is 0 Å². The van der Waals surface area contributed by atoms with E-state index < -0.39 is 35.7 Å². The van der Waals surface area contributed by atoms with Crippen molar-refractivity contribution in [3.8, 4) is 51.7 Å². The zero-order chi connectivity index (χ0) is 51.9. The van der Waals surface area contributed by atoms with Gasteiger partial charge in [0, 0.05) is 49.3 Å². The van der Waals surface area contributed by atoms with E-state index in [0.717, 1.165) is 0 Å². The van der Waals surface area contributed by atoms with Crippen LogP contribution in [0.25, 0.3) is 11.0 Å². The van der Waals surface area contributed by atoms with Crippen molar-refractivity contribution in [2.75, 3.05) is 116 Å². The predicted molar refractivity (Wildman–Crippen MR) is 258 cm³/mol. The second kappa shape index (κ2) is 25.0. The van der Waals surface area contributed by atoms with Gasteiger partial charge in [0.2, 0.25) is 17.2 Å². The molecule has 0 aliphatic rings. The molecule has 5 rings (SSSR count). The number of aryl methyl sites for hydroxylation is 1. The minimum absolute atomic E-state index is 0.0355. The quantitative estimate of drug-likeness (QED) is 0.0421. The Hall–Kier alpha value is -8.07. The van der Waals surface area contributed by atoms with Crippen LogP contribution in [0, 0.1) is 6.92 Å². The van der Waals surface area contributed by atoms with Crippen LogP contribution in [0.3, 0.4) is 0 Å². The van der Waals surface area contributed by atoms with Gasteiger partial charge in [-0.1, -0.05) is 0 Å². The minimum atomic E-state index is -0.952. The molecule has 2 amide bonds.